The molecule has 2 aliphatic heterocycles. The molecule has 6 rings (SSSR count). The molecule has 0 aliphatic carbocycles. The van der Waals surface area contributed by atoms with E-state index in [0.717, 1.165) is 65.0 Å². The molecule has 0 saturated carbocycles. The Morgan fingerprint density at radius 3 is 2.71 bits per heavy atom. The maximum atomic E-state index is 12.6. The van der Waals surface area contributed by atoms with Gasteiger partial charge in [0.05, 0.1) is 35.9 Å². The minimum Gasteiger partial charge on any atom is -0.390 e. The summed E-state index contributed by atoms with van der Waals surface area (Å²) >= 11 is 6.29. The number of hydrogen-bond donors (Lipinski definition) is 3. The fourth-order valence-electron chi connectivity index (χ4n) is 6.35. The van der Waals surface area contributed by atoms with Gasteiger partial charge in [-0.05, 0) is 49.6 Å². The number of urea groups is 1. The molecule has 0 radical (unpaired) electrons. The summed E-state index contributed by atoms with van der Waals surface area (Å²) in [6.07, 6.45) is 1.75. The summed E-state index contributed by atoms with van der Waals surface area (Å²) in [6, 6.07) is 13.7. The van der Waals surface area contributed by atoms with Crippen LogP contribution in [0.1, 0.15) is 35.7 Å². The number of likely N-dealkylation sites (tertiary alicyclic amines) is 1. The van der Waals surface area contributed by atoms with Gasteiger partial charge in [0.25, 0.3) is 0 Å². The number of hydrogen-bond acceptors (Lipinski definition) is 5. The number of carbonyl (C=O) groups excluding carboxylic acids is 1. The van der Waals surface area contributed by atoms with Crippen LogP contribution < -0.4 is 11.0 Å². The van der Waals surface area contributed by atoms with E-state index < -0.39 is 6.10 Å². The summed E-state index contributed by atoms with van der Waals surface area (Å²) in [7, 11) is 1.64. The number of aromatic nitrogens is 4. The van der Waals surface area contributed by atoms with Crippen LogP contribution in [0.5, 0.6) is 0 Å². The van der Waals surface area contributed by atoms with Crippen LogP contribution >= 0.6 is 11.6 Å². The Morgan fingerprint density at radius 2 is 1.95 bits per heavy atom. The number of amides is 2. The second kappa shape index (κ2) is 11.3. The van der Waals surface area contributed by atoms with Crippen LogP contribution in [0, 0.1) is 6.92 Å². The number of aliphatic hydroxyl groups is 1. The molecule has 2 aromatic heterocycles. The van der Waals surface area contributed by atoms with Crippen molar-refractivity contribution >= 4 is 28.7 Å². The van der Waals surface area contributed by atoms with Crippen molar-refractivity contribution in [3.8, 4) is 11.3 Å². The lowest BCUT2D eigenvalue weighted by molar-refractivity contribution is 0.0762. The molecular formula is C30H36ClN7O3. The Balaban J connectivity index is 1.16. The second-order valence-electron chi connectivity index (χ2n) is 11.1. The third-order valence-electron chi connectivity index (χ3n) is 8.47. The van der Waals surface area contributed by atoms with E-state index in [1.165, 1.54) is 0 Å². The number of benzene rings is 2. The molecule has 41 heavy (non-hydrogen) atoms. The highest BCUT2D eigenvalue weighted by atomic mass is 35.5. The van der Waals surface area contributed by atoms with Crippen molar-refractivity contribution in [3.63, 3.8) is 0 Å². The van der Waals surface area contributed by atoms with Gasteiger partial charge in [-0.15, -0.1) is 0 Å². The maximum absolute atomic E-state index is 12.6. The van der Waals surface area contributed by atoms with Gasteiger partial charge in [-0.3, -0.25) is 9.25 Å². The van der Waals surface area contributed by atoms with Crippen molar-refractivity contribution < 1.29 is 9.90 Å². The zero-order chi connectivity index (χ0) is 28.7. The molecule has 1 atom stereocenters. The van der Waals surface area contributed by atoms with E-state index >= 15 is 0 Å². The Bertz CT molecular complexity index is 1630. The second-order valence-corrected chi connectivity index (χ2v) is 11.6. The summed E-state index contributed by atoms with van der Waals surface area (Å²) in [4.78, 5) is 32.1. The Kier molecular flexibility index (Phi) is 7.63. The number of carbonyl (C=O) groups is 1. The number of piperidine rings is 1. The van der Waals surface area contributed by atoms with Crippen molar-refractivity contribution in [1.82, 2.24) is 34.4 Å². The van der Waals surface area contributed by atoms with E-state index in [4.69, 9.17) is 16.7 Å². The first kappa shape index (κ1) is 27.6. The molecule has 2 aliphatic rings. The molecule has 1 saturated heterocycles. The van der Waals surface area contributed by atoms with Crippen LogP contribution in [-0.4, -0.2) is 79.6 Å². The third kappa shape index (κ3) is 5.39. The summed E-state index contributed by atoms with van der Waals surface area (Å²) in [5.74, 6) is 0. The average Bonchev–Trinajstić information content (AvgIpc) is 3.50. The smallest absolute Gasteiger partial charge is 0.326 e. The zero-order valence-corrected chi connectivity index (χ0v) is 24.2. The minimum absolute atomic E-state index is 0.0604. The number of rotatable bonds is 6. The Hall–Kier alpha value is -3.60. The van der Waals surface area contributed by atoms with Crippen molar-refractivity contribution in [3.05, 3.63) is 74.8 Å². The van der Waals surface area contributed by atoms with Crippen molar-refractivity contribution in [2.75, 3.05) is 33.2 Å². The number of imidazole rings is 1. The van der Waals surface area contributed by atoms with Gasteiger partial charge in [-0.25, -0.2) is 9.59 Å². The molecule has 3 N–H and O–H groups in total. The van der Waals surface area contributed by atoms with E-state index in [1.54, 1.807) is 11.9 Å². The maximum Gasteiger partial charge on any atom is 0.326 e. The molecule has 0 spiro atoms. The monoisotopic (exact) mass is 577 g/mol. The summed E-state index contributed by atoms with van der Waals surface area (Å²) in [6.45, 7) is 5.54. The van der Waals surface area contributed by atoms with Crippen molar-refractivity contribution in [2.45, 2.75) is 51.4 Å². The highest BCUT2D eigenvalue weighted by molar-refractivity contribution is 6.31. The predicted octanol–water partition coefficient (Wildman–Crippen LogP) is 3.55. The first-order chi connectivity index (χ1) is 19.8. The summed E-state index contributed by atoms with van der Waals surface area (Å²) in [5, 5.41) is 19.6. The van der Waals surface area contributed by atoms with Crippen molar-refractivity contribution in [1.29, 1.82) is 0 Å². The van der Waals surface area contributed by atoms with E-state index in [-0.39, 0.29) is 17.8 Å². The molecule has 10 nitrogen and oxygen atoms in total. The van der Waals surface area contributed by atoms with Crippen LogP contribution in [-0.2, 0) is 19.5 Å². The lowest BCUT2D eigenvalue weighted by Gasteiger charge is -2.33. The zero-order valence-electron chi connectivity index (χ0n) is 23.4. The van der Waals surface area contributed by atoms with Gasteiger partial charge in [0.1, 0.15) is 0 Å². The standard InChI is InChI=1S/C30H36ClN7O3/c1-19-15-20(7-8-24(19)31)28-23-18-36(29(40)32-2)14-11-26(23)37(34-28)17-22(39)16-35-12-9-21(10-13-35)38-27-6-4-3-5-25(27)33-30(38)41/h3-8,15,21-22,39H,9-14,16-18H2,1-2H3,(H,32,40)(H,33,41). The third-order valence-corrected chi connectivity index (χ3v) is 8.89. The van der Waals surface area contributed by atoms with Crippen LogP contribution in [0.4, 0.5) is 4.79 Å². The van der Waals surface area contributed by atoms with Crippen LogP contribution in [0.2, 0.25) is 5.02 Å². The highest BCUT2D eigenvalue weighted by Gasteiger charge is 2.30. The van der Waals surface area contributed by atoms with E-state index in [9.17, 15) is 14.7 Å². The van der Waals surface area contributed by atoms with Gasteiger partial charge < -0.3 is 25.2 Å². The fraction of sp³-hybridized carbons (Fsp3) is 0.433. The molecule has 0 bridgehead atoms. The number of nitrogens with one attached hydrogen (secondary N) is 2. The lowest BCUT2D eigenvalue weighted by Crippen LogP contribution is -2.42. The van der Waals surface area contributed by atoms with Crippen LogP contribution in [0.15, 0.2) is 47.3 Å². The molecule has 4 heterocycles. The number of aryl methyl sites for hydroxylation is 1. The van der Waals surface area contributed by atoms with Gasteiger partial charge >= 0.3 is 11.7 Å². The number of H-pyrrole nitrogens is 1. The van der Waals surface area contributed by atoms with Gasteiger partial charge in [0.2, 0.25) is 0 Å². The summed E-state index contributed by atoms with van der Waals surface area (Å²) in [5.41, 5.74) is 6.56. The molecule has 1 unspecified atom stereocenters. The van der Waals surface area contributed by atoms with E-state index in [2.05, 4.69) is 15.2 Å². The number of para-hydroxylation sites is 2. The van der Waals surface area contributed by atoms with E-state index in [0.29, 0.717) is 37.6 Å². The number of nitrogens with zero attached hydrogens (tertiary/aromatic N) is 5. The Labute approximate surface area is 243 Å². The number of aromatic amines is 1. The van der Waals surface area contributed by atoms with Crippen LogP contribution in [0.3, 0.4) is 0 Å². The fourth-order valence-corrected chi connectivity index (χ4v) is 6.47. The SMILES string of the molecule is CNC(=O)N1CCc2c(c(-c3ccc(Cl)c(C)c3)nn2CC(O)CN2CCC(n3c(=O)[nH]c4ccccc43)CC2)C1. The lowest BCUT2D eigenvalue weighted by atomic mass is 10.00. The van der Waals surface area contributed by atoms with Crippen LogP contribution in [0.25, 0.3) is 22.3 Å². The number of fused-ring (bicyclic) bond motifs is 2. The number of β-amino-alcohol motifs (C(OH)–C–C–N with tert-alkyl or cyclic N) is 1. The number of halogens is 1. The Morgan fingerprint density at radius 1 is 1.17 bits per heavy atom. The molecular weight excluding hydrogens is 542 g/mol. The van der Waals surface area contributed by atoms with Gasteiger partial charge in [-0.1, -0.05) is 29.8 Å². The quantitative estimate of drug-likeness (QED) is 0.324. The van der Waals surface area contributed by atoms with Gasteiger partial charge in [0.15, 0.2) is 0 Å². The largest absolute Gasteiger partial charge is 0.390 e. The number of aliphatic hydroxyl groups excluding tert-OH is 1. The predicted molar refractivity (Wildman–Crippen MR) is 159 cm³/mol. The molecule has 2 amide bonds. The molecule has 2 aromatic carbocycles. The highest BCUT2D eigenvalue weighted by Crippen LogP contribution is 2.32. The topological polar surface area (TPSA) is 111 Å². The molecule has 11 heteroatoms. The molecule has 4 aromatic rings. The van der Waals surface area contributed by atoms with Gasteiger partial charge in [0, 0.05) is 67.5 Å². The van der Waals surface area contributed by atoms with E-state index in [1.807, 2.05) is 58.6 Å². The first-order valence-electron chi connectivity index (χ1n) is 14.2. The van der Waals surface area contributed by atoms with Crippen molar-refractivity contribution in [2.24, 2.45) is 0 Å². The average molecular weight is 578 g/mol. The normalized spacial score (nSPS) is 17.1. The molecule has 216 valence electrons. The first-order valence-corrected chi connectivity index (χ1v) is 14.6. The summed E-state index contributed by atoms with van der Waals surface area (Å²) < 4.78 is 3.82. The van der Waals surface area contributed by atoms with Gasteiger partial charge in [-0.2, -0.15) is 5.10 Å². The minimum atomic E-state index is -0.608. The molecule has 1 fully saturated rings.